The molecule has 3 aromatic rings. The van der Waals surface area contributed by atoms with Crippen molar-refractivity contribution in [2.24, 2.45) is 0 Å². The molecule has 2 nitrogen and oxygen atoms in total. The van der Waals surface area contributed by atoms with Gasteiger partial charge in [0.15, 0.2) is 4.90 Å². The van der Waals surface area contributed by atoms with E-state index in [0.29, 0.717) is 17.1 Å². The van der Waals surface area contributed by atoms with Gasteiger partial charge in [0.25, 0.3) is 0 Å². The van der Waals surface area contributed by atoms with Crippen LogP contribution in [0.2, 0.25) is 0 Å². The number of hydrogen-bond donors (Lipinski definition) is 0. The normalized spacial score (nSPS) is 15.1. The van der Waals surface area contributed by atoms with Crippen molar-refractivity contribution < 1.29 is 22.1 Å². The van der Waals surface area contributed by atoms with Crippen molar-refractivity contribution in [2.45, 2.75) is 30.8 Å². The summed E-state index contributed by atoms with van der Waals surface area (Å²) in [5.41, 5.74) is 1.04. The third-order valence-corrected chi connectivity index (χ3v) is 6.60. The summed E-state index contributed by atoms with van der Waals surface area (Å²) < 4.78 is 69.9. The quantitative estimate of drug-likeness (QED) is 0.358. The lowest BCUT2D eigenvalue weighted by atomic mass is 9.94. The van der Waals surface area contributed by atoms with Gasteiger partial charge >= 0.3 is 6.18 Å². The summed E-state index contributed by atoms with van der Waals surface area (Å²) in [4.78, 5) is 0.620. The fourth-order valence-electron chi connectivity index (χ4n) is 3.77. The van der Waals surface area contributed by atoms with Crippen LogP contribution in [0, 0.1) is 12.7 Å². The smallest absolute Gasteiger partial charge is 0.417 e. The summed E-state index contributed by atoms with van der Waals surface area (Å²) in [5.74, 6) is -0.938. The molecule has 0 bridgehead atoms. The highest BCUT2D eigenvalue weighted by Crippen LogP contribution is 2.41. The zero-order valence-corrected chi connectivity index (χ0v) is 17.0. The van der Waals surface area contributed by atoms with E-state index in [0.717, 1.165) is 42.2 Å². The molecule has 1 heterocycles. The molecule has 156 valence electrons. The molecule has 4 rings (SSSR count). The maximum absolute atomic E-state index is 14.5. The topological polar surface area (TPSA) is 26.3 Å². The van der Waals surface area contributed by atoms with Gasteiger partial charge in [-0.1, -0.05) is 30.3 Å². The summed E-state index contributed by atoms with van der Waals surface area (Å²) >= 11 is -1.52. The van der Waals surface area contributed by atoms with Crippen molar-refractivity contribution in [3.63, 3.8) is 0 Å². The van der Waals surface area contributed by atoms with Crippen LogP contribution in [0.3, 0.4) is 0 Å². The number of nitrogens with zero attached hydrogens (tertiary/aromatic N) is 1. The van der Waals surface area contributed by atoms with Crippen molar-refractivity contribution in [3.05, 3.63) is 83.2 Å². The Kier molecular flexibility index (Phi) is 5.51. The number of aryl methyl sites for hydroxylation is 2. The minimum absolute atomic E-state index is 0.118. The third-order valence-electron chi connectivity index (χ3n) is 5.16. The van der Waals surface area contributed by atoms with E-state index in [2.05, 4.69) is 0 Å². The molecule has 7 heteroatoms. The van der Waals surface area contributed by atoms with Gasteiger partial charge in [0, 0.05) is 5.56 Å². The van der Waals surface area contributed by atoms with Gasteiger partial charge in [-0.2, -0.15) is 17.5 Å². The van der Waals surface area contributed by atoms with Gasteiger partial charge in [0.1, 0.15) is 17.2 Å². The van der Waals surface area contributed by atoms with E-state index in [9.17, 15) is 22.1 Å². The SMILES string of the molecule is Cc1cccc([S+]([O-])N2CCCc3ccc(-c4c(F)cccc4C(F)(F)F)cc32)c1. The molecule has 1 atom stereocenters. The second-order valence-electron chi connectivity index (χ2n) is 7.27. The lowest BCUT2D eigenvalue weighted by Gasteiger charge is -2.31. The maximum atomic E-state index is 14.5. The zero-order valence-electron chi connectivity index (χ0n) is 16.2. The van der Waals surface area contributed by atoms with Crippen molar-refractivity contribution in [2.75, 3.05) is 10.8 Å². The molecule has 0 radical (unpaired) electrons. The number of rotatable bonds is 3. The first-order valence-electron chi connectivity index (χ1n) is 9.51. The monoisotopic (exact) mass is 433 g/mol. The summed E-state index contributed by atoms with van der Waals surface area (Å²) in [7, 11) is 0. The van der Waals surface area contributed by atoms with Crippen LogP contribution in [0.25, 0.3) is 11.1 Å². The minimum Gasteiger partial charge on any atom is -0.588 e. The second kappa shape index (κ2) is 7.96. The number of halogens is 4. The number of benzene rings is 3. The van der Waals surface area contributed by atoms with E-state index >= 15 is 0 Å². The highest BCUT2D eigenvalue weighted by molar-refractivity contribution is 7.92. The molecular weight excluding hydrogens is 414 g/mol. The maximum Gasteiger partial charge on any atom is 0.417 e. The van der Waals surface area contributed by atoms with Gasteiger partial charge in [-0.25, -0.2) is 4.39 Å². The van der Waals surface area contributed by atoms with E-state index in [1.165, 1.54) is 12.1 Å². The van der Waals surface area contributed by atoms with Gasteiger partial charge in [-0.3, -0.25) is 0 Å². The van der Waals surface area contributed by atoms with Crippen LogP contribution >= 0.6 is 0 Å². The predicted molar refractivity (Wildman–Crippen MR) is 110 cm³/mol. The van der Waals surface area contributed by atoms with Crippen molar-refractivity contribution in [1.82, 2.24) is 0 Å². The van der Waals surface area contributed by atoms with E-state index < -0.39 is 34.5 Å². The van der Waals surface area contributed by atoms with Crippen molar-refractivity contribution in [1.29, 1.82) is 0 Å². The Labute approximate surface area is 175 Å². The molecule has 0 aliphatic carbocycles. The Morgan fingerprint density at radius 1 is 1.00 bits per heavy atom. The Bertz CT molecular complexity index is 1080. The minimum atomic E-state index is -4.68. The van der Waals surface area contributed by atoms with E-state index in [1.807, 2.05) is 25.1 Å². The highest BCUT2D eigenvalue weighted by Gasteiger charge is 2.36. The van der Waals surface area contributed by atoms with E-state index in [-0.39, 0.29) is 5.56 Å². The van der Waals surface area contributed by atoms with Crippen LogP contribution in [-0.2, 0) is 24.0 Å². The molecular formula is C23H19F4NOS. The molecule has 0 fully saturated rings. The summed E-state index contributed by atoms with van der Waals surface area (Å²) in [5, 5.41) is 0. The highest BCUT2D eigenvalue weighted by atomic mass is 32.2. The summed E-state index contributed by atoms with van der Waals surface area (Å²) in [6.07, 6.45) is -3.19. The van der Waals surface area contributed by atoms with Crippen LogP contribution in [0.15, 0.2) is 65.6 Å². The van der Waals surface area contributed by atoms with Gasteiger partial charge < -0.3 is 4.55 Å². The standard InChI is InChI=1S/C23H19F4NOS/c1-15-5-2-7-18(13-15)30(29)28-12-4-6-16-10-11-17(14-21(16)28)22-19(23(25,26)27)8-3-9-20(22)24/h2-3,5,7-11,13-14H,4,6,12H2,1H3. The number of hydrogen-bond acceptors (Lipinski definition) is 2. The number of anilines is 1. The van der Waals surface area contributed by atoms with Gasteiger partial charge in [-0.15, -0.1) is 0 Å². The molecule has 0 N–H and O–H groups in total. The summed E-state index contributed by atoms with van der Waals surface area (Å²) in [6, 6.07) is 15.0. The lowest BCUT2D eigenvalue weighted by Crippen LogP contribution is -2.35. The van der Waals surface area contributed by atoms with Crippen molar-refractivity contribution >= 4 is 17.0 Å². The van der Waals surface area contributed by atoms with Gasteiger partial charge in [-0.05, 0) is 66.8 Å². The fourth-order valence-corrected chi connectivity index (χ4v) is 5.15. The van der Waals surface area contributed by atoms with E-state index in [4.69, 9.17) is 0 Å². The van der Waals surface area contributed by atoms with Crippen LogP contribution in [-0.4, -0.2) is 11.1 Å². The van der Waals surface area contributed by atoms with Gasteiger partial charge in [0.2, 0.25) is 0 Å². The average molecular weight is 433 g/mol. The Morgan fingerprint density at radius 2 is 1.77 bits per heavy atom. The largest absolute Gasteiger partial charge is 0.588 e. The molecule has 0 saturated carbocycles. The molecule has 0 spiro atoms. The first-order valence-corrected chi connectivity index (χ1v) is 10.6. The lowest BCUT2D eigenvalue weighted by molar-refractivity contribution is -0.137. The second-order valence-corrected chi connectivity index (χ2v) is 8.69. The molecule has 1 aliphatic heterocycles. The fraction of sp³-hybridized carbons (Fsp3) is 0.217. The van der Waals surface area contributed by atoms with Crippen molar-refractivity contribution in [3.8, 4) is 11.1 Å². The van der Waals surface area contributed by atoms with E-state index in [1.54, 1.807) is 16.4 Å². The summed E-state index contributed by atoms with van der Waals surface area (Å²) in [6.45, 7) is 2.40. The molecule has 0 amide bonds. The zero-order chi connectivity index (χ0) is 21.5. The first-order chi connectivity index (χ1) is 14.3. The third kappa shape index (κ3) is 3.91. The molecule has 1 aliphatic rings. The molecule has 0 aromatic heterocycles. The van der Waals surface area contributed by atoms with Crippen LogP contribution in [0.5, 0.6) is 0 Å². The Morgan fingerprint density at radius 3 is 2.50 bits per heavy atom. The molecule has 0 saturated heterocycles. The van der Waals surface area contributed by atoms with Crippen LogP contribution < -0.4 is 4.31 Å². The van der Waals surface area contributed by atoms with Gasteiger partial charge in [0.05, 0.1) is 17.8 Å². The molecule has 30 heavy (non-hydrogen) atoms. The Hall–Kier alpha value is -2.51. The van der Waals surface area contributed by atoms with Crippen LogP contribution in [0.4, 0.5) is 23.2 Å². The Balaban J connectivity index is 1.81. The first kappa shape index (κ1) is 20.8. The molecule has 3 aromatic carbocycles. The average Bonchev–Trinajstić information content (AvgIpc) is 2.71. The number of alkyl halides is 3. The van der Waals surface area contributed by atoms with Crippen LogP contribution in [0.1, 0.15) is 23.1 Å². The molecule has 1 unspecified atom stereocenters. The predicted octanol–water partition coefficient (Wildman–Crippen LogP) is 6.30. The number of fused-ring (bicyclic) bond motifs is 1.